The maximum absolute atomic E-state index is 13.5. The third-order valence-electron chi connectivity index (χ3n) is 8.04. The van der Waals surface area contributed by atoms with Crippen molar-refractivity contribution >= 4 is 45.0 Å². The molecule has 13 heteroatoms. The van der Waals surface area contributed by atoms with E-state index in [1.165, 1.54) is 23.5 Å². The number of carbonyl (C=O) groups excluding carboxylic acids is 1. The molecule has 1 aliphatic carbocycles. The summed E-state index contributed by atoms with van der Waals surface area (Å²) < 4.78 is 21.0. The van der Waals surface area contributed by atoms with Crippen LogP contribution < -0.4 is 9.80 Å². The van der Waals surface area contributed by atoms with Crippen LogP contribution in [0.25, 0.3) is 22.3 Å². The molecule has 2 saturated heterocycles. The van der Waals surface area contributed by atoms with Gasteiger partial charge in [0.15, 0.2) is 10.8 Å². The third-order valence-corrected chi connectivity index (χ3v) is 9.08. The highest BCUT2D eigenvalue weighted by Crippen LogP contribution is 2.44. The van der Waals surface area contributed by atoms with Crippen LogP contribution in [0.3, 0.4) is 0 Å². The molecular weight excluding hydrogens is 557 g/mol. The smallest absolute Gasteiger partial charge is 0.320 e. The van der Waals surface area contributed by atoms with Gasteiger partial charge in [0, 0.05) is 51.9 Å². The van der Waals surface area contributed by atoms with E-state index in [0.717, 1.165) is 29.7 Å². The van der Waals surface area contributed by atoms with Crippen molar-refractivity contribution in [1.29, 1.82) is 5.26 Å². The Morgan fingerprint density at radius 2 is 1.81 bits per heavy atom. The average molecular weight is 588 g/mol. The summed E-state index contributed by atoms with van der Waals surface area (Å²) in [5.74, 6) is 0.546. The van der Waals surface area contributed by atoms with Gasteiger partial charge in [-0.1, -0.05) is 11.3 Å². The molecule has 0 spiro atoms. The van der Waals surface area contributed by atoms with Gasteiger partial charge in [-0.15, -0.1) is 0 Å². The van der Waals surface area contributed by atoms with Gasteiger partial charge in [-0.25, -0.2) is 23.8 Å². The van der Waals surface area contributed by atoms with Crippen molar-refractivity contribution in [2.75, 3.05) is 69.3 Å². The molecule has 0 bridgehead atoms. The maximum Gasteiger partial charge on any atom is 0.320 e. The summed E-state index contributed by atoms with van der Waals surface area (Å²) in [5.41, 5.74) is 2.87. The second-order valence-electron chi connectivity index (χ2n) is 10.8. The molecule has 5 heterocycles. The van der Waals surface area contributed by atoms with Gasteiger partial charge in [-0.3, -0.25) is 0 Å². The minimum absolute atomic E-state index is 0.0846. The first-order chi connectivity index (χ1) is 20.5. The van der Waals surface area contributed by atoms with Crippen LogP contribution in [-0.4, -0.2) is 95.1 Å². The van der Waals surface area contributed by atoms with E-state index in [9.17, 15) is 14.4 Å². The summed E-state index contributed by atoms with van der Waals surface area (Å²) in [6.45, 7) is 5.18. The zero-order valence-corrected chi connectivity index (χ0v) is 24.1. The number of piperazine rings is 1. The van der Waals surface area contributed by atoms with Crippen molar-refractivity contribution in [2.45, 2.75) is 18.9 Å². The second-order valence-corrected chi connectivity index (χ2v) is 11.7. The van der Waals surface area contributed by atoms with Gasteiger partial charge >= 0.3 is 6.03 Å². The van der Waals surface area contributed by atoms with Gasteiger partial charge < -0.3 is 24.3 Å². The van der Waals surface area contributed by atoms with Gasteiger partial charge in [0.1, 0.15) is 28.3 Å². The van der Waals surface area contributed by atoms with Crippen LogP contribution >= 0.6 is 11.3 Å². The lowest BCUT2D eigenvalue weighted by molar-refractivity contribution is 0.0428. The van der Waals surface area contributed by atoms with Crippen LogP contribution in [0, 0.1) is 17.1 Å². The van der Waals surface area contributed by atoms with Crippen molar-refractivity contribution in [2.24, 2.45) is 0 Å². The molecule has 0 atom stereocenters. The minimum atomic E-state index is -0.335. The molecule has 2 amide bonds. The number of fused-ring (bicyclic) bond motifs is 1. The number of nitrogens with zero attached hydrogens (tertiary/aromatic N) is 9. The summed E-state index contributed by atoms with van der Waals surface area (Å²) in [7, 11) is 1.94. The highest BCUT2D eigenvalue weighted by atomic mass is 32.1. The Labute approximate surface area is 246 Å². The first-order valence-corrected chi connectivity index (χ1v) is 15.0. The molecule has 11 nitrogen and oxygen atoms in total. The van der Waals surface area contributed by atoms with Crippen LogP contribution in [0.15, 0.2) is 36.5 Å². The summed E-state index contributed by atoms with van der Waals surface area (Å²) in [6.07, 6.45) is 3.95. The lowest BCUT2D eigenvalue weighted by Gasteiger charge is -2.39. The molecule has 3 fully saturated rings. The first kappa shape index (κ1) is 26.6. The van der Waals surface area contributed by atoms with E-state index >= 15 is 0 Å². The number of amides is 2. The Balaban J connectivity index is 1.17. The maximum atomic E-state index is 13.5. The summed E-state index contributed by atoms with van der Waals surface area (Å²) in [4.78, 5) is 31.0. The van der Waals surface area contributed by atoms with Gasteiger partial charge in [-0.2, -0.15) is 10.4 Å². The van der Waals surface area contributed by atoms with E-state index in [1.807, 2.05) is 32.6 Å². The molecule has 3 aromatic heterocycles. The van der Waals surface area contributed by atoms with Crippen molar-refractivity contribution in [1.82, 2.24) is 29.5 Å². The molecule has 4 aromatic rings. The Bertz CT molecular complexity index is 1660. The van der Waals surface area contributed by atoms with Crippen molar-refractivity contribution in [3.05, 3.63) is 47.2 Å². The first-order valence-electron chi connectivity index (χ1n) is 14.2. The van der Waals surface area contributed by atoms with E-state index < -0.39 is 0 Å². The number of benzene rings is 1. The number of halogens is 1. The lowest BCUT2D eigenvalue weighted by atomic mass is 10.1. The van der Waals surface area contributed by atoms with E-state index in [-0.39, 0.29) is 11.8 Å². The number of ether oxygens (including phenoxy) is 1. The highest BCUT2D eigenvalue weighted by molar-refractivity contribution is 7.16. The number of pyridine rings is 1. The molecule has 1 aromatic carbocycles. The number of hydrogen-bond donors (Lipinski definition) is 0. The molecule has 2 aliphatic heterocycles. The third kappa shape index (κ3) is 4.90. The Hall–Kier alpha value is -4.28. The zero-order valence-electron chi connectivity index (χ0n) is 23.2. The Kier molecular flexibility index (Phi) is 6.87. The SMILES string of the molecule is CN(c1nc(-c2ccc(F)cc2)c(C#N)s1)c1c2cc(N3CCN(C(=O)N4CCOCC4)CC3)cnc2nn1C1CC1. The molecule has 1 saturated carbocycles. The number of morpholine rings is 1. The number of aromatic nitrogens is 4. The number of anilines is 3. The fraction of sp³-hybridized carbons (Fsp3) is 0.414. The van der Waals surface area contributed by atoms with Crippen molar-refractivity contribution < 1.29 is 13.9 Å². The number of hydrogen-bond acceptors (Lipinski definition) is 9. The second kappa shape index (κ2) is 10.8. The topological polar surface area (TPSA) is 107 Å². The molecular formula is C29H30FN9O2S. The predicted molar refractivity (Wildman–Crippen MR) is 158 cm³/mol. The van der Waals surface area contributed by atoms with E-state index in [4.69, 9.17) is 19.8 Å². The Morgan fingerprint density at radius 3 is 2.50 bits per heavy atom. The predicted octanol–water partition coefficient (Wildman–Crippen LogP) is 4.24. The number of urea groups is 1. The summed E-state index contributed by atoms with van der Waals surface area (Å²) in [6, 6.07) is 10.8. The fourth-order valence-electron chi connectivity index (χ4n) is 5.58. The fourth-order valence-corrected chi connectivity index (χ4v) is 6.43. The monoisotopic (exact) mass is 587 g/mol. The number of carbonyl (C=O) groups is 1. The van der Waals surface area contributed by atoms with Crippen LogP contribution in [0.2, 0.25) is 0 Å². The van der Waals surface area contributed by atoms with Crippen molar-refractivity contribution in [3.63, 3.8) is 0 Å². The van der Waals surface area contributed by atoms with Crippen LogP contribution in [0.4, 0.5) is 25.8 Å². The number of thiazole rings is 1. The minimum Gasteiger partial charge on any atom is -0.378 e. The van der Waals surface area contributed by atoms with Crippen LogP contribution in [0.5, 0.6) is 0 Å². The molecule has 216 valence electrons. The zero-order chi connectivity index (χ0) is 28.8. The van der Waals surface area contributed by atoms with Gasteiger partial charge in [0.05, 0.1) is 36.5 Å². The molecule has 0 radical (unpaired) electrons. The standard InChI is InChI=1S/C29H30FN9O2S/c1-35(28-33-25(24(17-31)42-28)19-2-4-20(30)5-3-19)27-23-16-22(18-32-26(23)34-39(27)21-6-7-21)36-8-10-37(11-9-36)29(40)38-12-14-41-15-13-38/h2-5,16,18,21H,6-15H2,1H3. The molecule has 3 aliphatic rings. The largest absolute Gasteiger partial charge is 0.378 e. The van der Waals surface area contributed by atoms with Crippen LogP contribution in [0.1, 0.15) is 23.8 Å². The summed E-state index contributed by atoms with van der Waals surface area (Å²) in [5, 5.41) is 16.3. The number of nitriles is 1. The van der Waals surface area contributed by atoms with Gasteiger partial charge in [0.25, 0.3) is 0 Å². The molecule has 0 N–H and O–H groups in total. The van der Waals surface area contributed by atoms with Gasteiger partial charge in [0.2, 0.25) is 0 Å². The van der Waals surface area contributed by atoms with E-state index in [0.29, 0.717) is 85.4 Å². The van der Waals surface area contributed by atoms with E-state index in [2.05, 4.69) is 17.0 Å². The normalized spacial score (nSPS) is 17.5. The number of rotatable bonds is 5. The van der Waals surface area contributed by atoms with Gasteiger partial charge in [-0.05, 0) is 43.2 Å². The lowest BCUT2D eigenvalue weighted by Crippen LogP contribution is -2.54. The van der Waals surface area contributed by atoms with Crippen molar-refractivity contribution in [3.8, 4) is 17.3 Å². The molecule has 42 heavy (non-hydrogen) atoms. The average Bonchev–Trinajstić information content (AvgIpc) is 3.68. The summed E-state index contributed by atoms with van der Waals surface area (Å²) >= 11 is 1.30. The van der Waals surface area contributed by atoms with Crippen LogP contribution in [-0.2, 0) is 4.74 Å². The van der Waals surface area contributed by atoms with E-state index in [1.54, 1.807) is 12.1 Å². The Morgan fingerprint density at radius 1 is 1.10 bits per heavy atom. The quantitative estimate of drug-likeness (QED) is 0.341. The molecule has 7 rings (SSSR count). The molecule has 0 unspecified atom stereocenters. The highest BCUT2D eigenvalue weighted by Gasteiger charge is 2.32.